The van der Waals surface area contributed by atoms with Crippen LogP contribution in [0.4, 0.5) is 0 Å². The van der Waals surface area contributed by atoms with E-state index < -0.39 is 5.54 Å². The van der Waals surface area contributed by atoms with Gasteiger partial charge >= 0.3 is 0 Å². The molecule has 2 fully saturated rings. The molecule has 4 heteroatoms. The standard InChI is InChI=1S/C12H23N3O/c1-2-15-7-4-10(9-15)8-14-11(16)12(13)5-3-6-12/h10H,2-9,13H2,1H3,(H,14,16). The van der Waals surface area contributed by atoms with Gasteiger partial charge in [-0.3, -0.25) is 4.79 Å². The highest BCUT2D eigenvalue weighted by atomic mass is 16.2. The lowest BCUT2D eigenvalue weighted by atomic mass is 9.77. The number of nitrogens with two attached hydrogens (primary N) is 1. The Hall–Kier alpha value is -0.610. The monoisotopic (exact) mass is 225 g/mol. The molecule has 16 heavy (non-hydrogen) atoms. The predicted octanol–water partition coefficient (Wildman–Crippen LogP) is 0.326. The first-order valence-electron chi connectivity index (χ1n) is 6.43. The maximum Gasteiger partial charge on any atom is 0.240 e. The van der Waals surface area contributed by atoms with Gasteiger partial charge in [0, 0.05) is 13.1 Å². The van der Waals surface area contributed by atoms with Crippen molar-refractivity contribution in [2.45, 2.75) is 38.1 Å². The lowest BCUT2D eigenvalue weighted by Gasteiger charge is -2.36. The van der Waals surface area contributed by atoms with E-state index in [9.17, 15) is 4.79 Å². The number of hydrogen-bond acceptors (Lipinski definition) is 3. The van der Waals surface area contributed by atoms with Crippen molar-refractivity contribution in [3.63, 3.8) is 0 Å². The topological polar surface area (TPSA) is 58.4 Å². The second-order valence-corrected chi connectivity index (χ2v) is 5.27. The van der Waals surface area contributed by atoms with Crippen molar-refractivity contribution in [2.75, 3.05) is 26.2 Å². The van der Waals surface area contributed by atoms with Crippen molar-refractivity contribution in [3.05, 3.63) is 0 Å². The number of rotatable bonds is 4. The summed E-state index contributed by atoms with van der Waals surface area (Å²) in [5.74, 6) is 0.682. The molecule has 0 radical (unpaired) electrons. The van der Waals surface area contributed by atoms with Crippen molar-refractivity contribution in [3.8, 4) is 0 Å². The molecule has 1 saturated heterocycles. The van der Waals surface area contributed by atoms with Gasteiger partial charge in [0.25, 0.3) is 0 Å². The smallest absolute Gasteiger partial charge is 0.240 e. The van der Waals surface area contributed by atoms with E-state index in [4.69, 9.17) is 5.73 Å². The van der Waals surface area contributed by atoms with Gasteiger partial charge in [-0.15, -0.1) is 0 Å². The van der Waals surface area contributed by atoms with Crippen LogP contribution in [0.25, 0.3) is 0 Å². The Kier molecular flexibility index (Phi) is 3.50. The van der Waals surface area contributed by atoms with Crippen LogP contribution >= 0.6 is 0 Å². The number of nitrogens with zero attached hydrogens (tertiary/aromatic N) is 1. The first kappa shape index (κ1) is 11.9. The number of carbonyl (C=O) groups excluding carboxylic acids is 1. The third kappa shape index (κ3) is 2.38. The zero-order valence-corrected chi connectivity index (χ0v) is 10.2. The van der Waals surface area contributed by atoms with Crippen molar-refractivity contribution in [2.24, 2.45) is 11.7 Å². The third-order valence-electron chi connectivity index (χ3n) is 4.07. The van der Waals surface area contributed by atoms with E-state index in [-0.39, 0.29) is 5.91 Å². The fraction of sp³-hybridized carbons (Fsp3) is 0.917. The van der Waals surface area contributed by atoms with E-state index >= 15 is 0 Å². The van der Waals surface area contributed by atoms with E-state index in [0.717, 1.165) is 38.9 Å². The minimum Gasteiger partial charge on any atom is -0.354 e. The maximum absolute atomic E-state index is 11.8. The summed E-state index contributed by atoms with van der Waals surface area (Å²) in [7, 11) is 0. The van der Waals surface area contributed by atoms with Crippen LogP contribution in [0, 0.1) is 5.92 Å². The van der Waals surface area contributed by atoms with Crippen molar-refractivity contribution >= 4 is 5.91 Å². The highest BCUT2D eigenvalue weighted by molar-refractivity contribution is 5.86. The molecule has 0 aromatic carbocycles. The summed E-state index contributed by atoms with van der Waals surface area (Å²) in [6.07, 6.45) is 4.00. The highest BCUT2D eigenvalue weighted by Crippen LogP contribution is 2.29. The van der Waals surface area contributed by atoms with Crippen molar-refractivity contribution in [1.82, 2.24) is 10.2 Å². The Balaban J connectivity index is 1.70. The Labute approximate surface area is 97.6 Å². The van der Waals surface area contributed by atoms with Crippen LogP contribution in [-0.2, 0) is 4.79 Å². The summed E-state index contributed by atoms with van der Waals surface area (Å²) in [5.41, 5.74) is 5.42. The molecule has 1 heterocycles. The normalized spacial score (nSPS) is 28.8. The Morgan fingerprint density at radius 3 is 2.81 bits per heavy atom. The quantitative estimate of drug-likeness (QED) is 0.725. The van der Waals surface area contributed by atoms with Gasteiger partial charge in [-0.25, -0.2) is 0 Å². The number of hydrogen-bond donors (Lipinski definition) is 2. The van der Waals surface area contributed by atoms with Crippen LogP contribution in [0.2, 0.25) is 0 Å². The summed E-state index contributed by atoms with van der Waals surface area (Å²) < 4.78 is 0. The second kappa shape index (κ2) is 4.72. The van der Waals surface area contributed by atoms with E-state index in [0.29, 0.717) is 5.92 Å². The van der Waals surface area contributed by atoms with Gasteiger partial charge in [-0.05, 0) is 44.7 Å². The summed E-state index contributed by atoms with van der Waals surface area (Å²) in [4.78, 5) is 14.2. The Morgan fingerprint density at radius 1 is 1.56 bits per heavy atom. The van der Waals surface area contributed by atoms with Gasteiger partial charge in [0.1, 0.15) is 0 Å². The zero-order valence-electron chi connectivity index (χ0n) is 10.2. The van der Waals surface area contributed by atoms with Crippen LogP contribution < -0.4 is 11.1 Å². The van der Waals surface area contributed by atoms with Gasteiger partial charge in [-0.1, -0.05) is 6.92 Å². The van der Waals surface area contributed by atoms with Crippen LogP contribution in [0.1, 0.15) is 32.6 Å². The summed E-state index contributed by atoms with van der Waals surface area (Å²) in [6, 6.07) is 0. The third-order valence-corrected chi connectivity index (χ3v) is 4.07. The van der Waals surface area contributed by atoms with Gasteiger partial charge in [-0.2, -0.15) is 0 Å². The molecule has 0 aromatic rings. The van der Waals surface area contributed by atoms with Crippen LogP contribution in [0.15, 0.2) is 0 Å². The van der Waals surface area contributed by atoms with Gasteiger partial charge in [0.2, 0.25) is 5.91 Å². The molecule has 1 unspecified atom stereocenters. The summed E-state index contributed by atoms with van der Waals surface area (Å²) in [6.45, 7) is 6.39. The second-order valence-electron chi connectivity index (χ2n) is 5.27. The minimum absolute atomic E-state index is 0.0636. The molecule has 92 valence electrons. The van der Waals surface area contributed by atoms with Gasteiger partial charge in [0.05, 0.1) is 5.54 Å². The summed E-state index contributed by atoms with van der Waals surface area (Å²) >= 11 is 0. The summed E-state index contributed by atoms with van der Waals surface area (Å²) in [5, 5.41) is 3.02. The SMILES string of the molecule is CCN1CCC(CNC(=O)C2(N)CCC2)C1. The molecule has 2 aliphatic rings. The largest absolute Gasteiger partial charge is 0.354 e. The van der Waals surface area contributed by atoms with Crippen LogP contribution in [0.3, 0.4) is 0 Å². The lowest BCUT2D eigenvalue weighted by Crippen LogP contribution is -2.59. The zero-order chi connectivity index (χ0) is 11.6. The molecule has 1 atom stereocenters. The van der Waals surface area contributed by atoms with Crippen molar-refractivity contribution in [1.29, 1.82) is 0 Å². The number of carbonyl (C=O) groups is 1. The molecular weight excluding hydrogens is 202 g/mol. The average Bonchev–Trinajstić information content (AvgIpc) is 2.70. The first-order valence-corrected chi connectivity index (χ1v) is 6.43. The van der Waals surface area contributed by atoms with Gasteiger partial charge < -0.3 is 16.0 Å². The molecule has 1 aliphatic heterocycles. The molecule has 3 N–H and O–H groups in total. The predicted molar refractivity (Wildman–Crippen MR) is 64.0 cm³/mol. The molecule has 1 amide bonds. The number of likely N-dealkylation sites (tertiary alicyclic amines) is 1. The molecule has 2 rings (SSSR count). The minimum atomic E-state index is -0.539. The molecular formula is C12H23N3O. The Bertz CT molecular complexity index is 263. The molecule has 0 aromatic heterocycles. The number of nitrogens with one attached hydrogen (secondary N) is 1. The molecule has 1 saturated carbocycles. The average molecular weight is 225 g/mol. The highest BCUT2D eigenvalue weighted by Gasteiger charge is 2.40. The van der Waals surface area contributed by atoms with Gasteiger partial charge in [0.15, 0.2) is 0 Å². The molecule has 0 bridgehead atoms. The fourth-order valence-corrected chi connectivity index (χ4v) is 2.56. The lowest BCUT2D eigenvalue weighted by molar-refractivity contribution is -0.129. The van der Waals surface area contributed by atoms with E-state index in [1.807, 2.05) is 0 Å². The van der Waals surface area contributed by atoms with E-state index in [1.165, 1.54) is 13.0 Å². The number of amides is 1. The molecule has 4 nitrogen and oxygen atoms in total. The van der Waals surface area contributed by atoms with E-state index in [1.54, 1.807) is 0 Å². The molecule has 0 spiro atoms. The Morgan fingerprint density at radius 2 is 2.31 bits per heavy atom. The van der Waals surface area contributed by atoms with E-state index in [2.05, 4.69) is 17.1 Å². The molecule has 1 aliphatic carbocycles. The first-order chi connectivity index (χ1) is 7.64. The van der Waals surface area contributed by atoms with Crippen LogP contribution in [0.5, 0.6) is 0 Å². The van der Waals surface area contributed by atoms with Crippen LogP contribution in [-0.4, -0.2) is 42.5 Å². The van der Waals surface area contributed by atoms with Crippen molar-refractivity contribution < 1.29 is 4.79 Å². The fourth-order valence-electron chi connectivity index (χ4n) is 2.56. The maximum atomic E-state index is 11.8.